The van der Waals surface area contributed by atoms with E-state index >= 15 is 0 Å². The van der Waals surface area contributed by atoms with Gasteiger partial charge in [-0.2, -0.15) is 0 Å². The highest BCUT2D eigenvalue weighted by Crippen LogP contribution is 2.15. The van der Waals surface area contributed by atoms with Crippen molar-refractivity contribution in [3.63, 3.8) is 0 Å². The van der Waals surface area contributed by atoms with Crippen LogP contribution in [0.15, 0.2) is 23.8 Å². The van der Waals surface area contributed by atoms with E-state index in [1.165, 1.54) is 63.4 Å². The van der Waals surface area contributed by atoms with Crippen LogP contribution < -0.4 is 0 Å². The lowest BCUT2D eigenvalue weighted by atomic mass is 10.0. The highest BCUT2D eigenvalue weighted by Gasteiger charge is 1.95. The van der Waals surface area contributed by atoms with Gasteiger partial charge in [-0.05, 0) is 19.3 Å². The van der Waals surface area contributed by atoms with Crippen molar-refractivity contribution in [2.45, 2.75) is 64.7 Å². The van der Waals surface area contributed by atoms with Crippen LogP contribution in [0.5, 0.6) is 0 Å². The molecule has 0 aromatic heterocycles. The SMILES string of the molecule is C1CCCCC1.CCC1=CCCC=C1. The fourth-order valence-corrected chi connectivity index (χ4v) is 1.99. The fourth-order valence-electron chi connectivity index (χ4n) is 1.99. The topological polar surface area (TPSA) is 0 Å². The van der Waals surface area contributed by atoms with E-state index in [-0.39, 0.29) is 0 Å². The number of allylic oxidation sites excluding steroid dienone is 4. The Morgan fingerprint density at radius 2 is 1.50 bits per heavy atom. The molecule has 0 bridgehead atoms. The zero-order valence-electron chi connectivity index (χ0n) is 9.60. The Morgan fingerprint density at radius 1 is 0.929 bits per heavy atom. The van der Waals surface area contributed by atoms with E-state index in [0.29, 0.717) is 0 Å². The van der Waals surface area contributed by atoms with Crippen molar-refractivity contribution in [2.24, 2.45) is 0 Å². The molecule has 0 unspecified atom stereocenters. The summed E-state index contributed by atoms with van der Waals surface area (Å²) in [6.07, 6.45) is 19.5. The van der Waals surface area contributed by atoms with Gasteiger partial charge in [-0.25, -0.2) is 0 Å². The van der Waals surface area contributed by atoms with Crippen LogP contribution in [0.3, 0.4) is 0 Å². The molecule has 0 heterocycles. The van der Waals surface area contributed by atoms with E-state index in [1.807, 2.05) is 0 Å². The quantitative estimate of drug-likeness (QED) is 0.547. The minimum absolute atomic E-state index is 1.19. The van der Waals surface area contributed by atoms with Gasteiger partial charge in [-0.15, -0.1) is 0 Å². The summed E-state index contributed by atoms with van der Waals surface area (Å²) >= 11 is 0. The number of hydrogen-bond acceptors (Lipinski definition) is 0. The molecular weight excluding hydrogens is 168 g/mol. The molecule has 0 atom stereocenters. The van der Waals surface area contributed by atoms with Gasteiger partial charge in [0, 0.05) is 0 Å². The third kappa shape index (κ3) is 5.26. The van der Waals surface area contributed by atoms with Crippen LogP contribution in [0.1, 0.15) is 64.7 Å². The average molecular weight is 192 g/mol. The van der Waals surface area contributed by atoms with Gasteiger partial charge in [-0.3, -0.25) is 0 Å². The van der Waals surface area contributed by atoms with Crippen LogP contribution in [-0.2, 0) is 0 Å². The van der Waals surface area contributed by atoms with Gasteiger partial charge in [0.1, 0.15) is 0 Å². The van der Waals surface area contributed by atoms with Crippen LogP contribution in [0.2, 0.25) is 0 Å². The van der Waals surface area contributed by atoms with Gasteiger partial charge in [0.05, 0.1) is 0 Å². The molecule has 0 heteroatoms. The molecule has 2 aliphatic rings. The summed E-state index contributed by atoms with van der Waals surface area (Å²) in [6, 6.07) is 0. The molecule has 0 aliphatic heterocycles. The zero-order chi connectivity index (χ0) is 10.1. The Kier molecular flexibility index (Phi) is 6.47. The second-order valence-electron chi connectivity index (χ2n) is 4.23. The third-order valence-electron chi connectivity index (χ3n) is 2.98. The lowest BCUT2D eigenvalue weighted by molar-refractivity contribution is 0.504. The van der Waals surface area contributed by atoms with Crippen LogP contribution in [-0.4, -0.2) is 0 Å². The molecule has 0 aromatic carbocycles. The fraction of sp³-hybridized carbons (Fsp3) is 0.714. The van der Waals surface area contributed by atoms with E-state index in [2.05, 4.69) is 25.2 Å². The van der Waals surface area contributed by atoms with Gasteiger partial charge < -0.3 is 0 Å². The summed E-state index contributed by atoms with van der Waals surface area (Å²) in [5.74, 6) is 0. The molecule has 0 amide bonds. The first kappa shape index (κ1) is 11.6. The lowest BCUT2D eigenvalue weighted by Crippen LogP contribution is -1.85. The van der Waals surface area contributed by atoms with Gasteiger partial charge >= 0.3 is 0 Å². The predicted molar refractivity (Wildman–Crippen MR) is 64.5 cm³/mol. The largest absolute Gasteiger partial charge is 0.0840 e. The van der Waals surface area contributed by atoms with Crippen molar-refractivity contribution in [3.8, 4) is 0 Å². The van der Waals surface area contributed by atoms with Gasteiger partial charge in [0.15, 0.2) is 0 Å². The van der Waals surface area contributed by atoms with Crippen LogP contribution in [0.25, 0.3) is 0 Å². The van der Waals surface area contributed by atoms with Crippen molar-refractivity contribution in [1.82, 2.24) is 0 Å². The molecule has 0 radical (unpaired) electrons. The molecule has 2 rings (SSSR count). The maximum Gasteiger partial charge on any atom is -0.0310 e. The van der Waals surface area contributed by atoms with Crippen molar-refractivity contribution < 1.29 is 0 Å². The van der Waals surface area contributed by atoms with E-state index in [1.54, 1.807) is 0 Å². The Balaban J connectivity index is 0.000000146. The van der Waals surface area contributed by atoms with E-state index in [9.17, 15) is 0 Å². The van der Waals surface area contributed by atoms with Gasteiger partial charge in [0.2, 0.25) is 0 Å². The second kappa shape index (κ2) is 7.84. The maximum atomic E-state index is 2.32. The minimum atomic E-state index is 1.19. The van der Waals surface area contributed by atoms with Gasteiger partial charge in [-0.1, -0.05) is 69.2 Å². The van der Waals surface area contributed by atoms with Crippen LogP contribution in [0, 0.1) is 0 Å². The molecule has 0 saturated heterocycles. The highest BCUT2D eigenvalue weighted by molar-refractivity contribution is 5.21. The molecule has 2 aliphatic carbocycles. The maximum absolute atomic E-state index is 2.32. The molecule has 0 aromatic rings. The van der Waals surface area contributed by atoms with Crippen LogP contribution >= 0.6 is 0 Å². The summed E-state index contributed by atoms with van der Waals surface area (Å²) in [4.78, 5) is 0. The lowest BCUT2D eigenvalue weighted by Gasteiger charge is -2.05. The standard InChI is InChI=1S/C8H12.C6H12/c1-2-8-6-4-3-5-7-8;1-2-4-6-5-3-1/h4,6-7H,2-3,5H2,1H3;1-6H2. The minimum Gasteiger partial charge on any atom is -0.0840 e. The third-order valence-corrected chi connectivity index (χ3v) is 2.98. The molecule has 0 spiro atoms. The molecule has 80 valence electrons. The highest BCUT2D eigenvalue weighted by atomic mass is 14.0. The first-order valence-corrected chi connectivity index (χ1v) is 6.29. The molecule has 0 nitrogen and oxygen atoms in total. The molecular formula is C14H24. The van der Waals surface area contributed by atoms with Crippen LogP contribution in [0.4, 0.5) is 0 Å². The van der Waals surface area contributed by atoms with E-state index in [0.717, 1.165) is 0 Å². The first-order valence-electron chi connectivity index (χ1n) is 6.29. The Bertz CT molecular complexity index is 171. The first-order chi connectivity index (χ1) is 6.93. The van der Waals surface area contributed by atoms with Crippen molar-refractivity contribution in [1.29, 1.82) is 0 Å². The normalized spacial score (nSPS) is 20.8. The molecule has 1 fully saturated rings. The predicted octanol–water partition coefficient (Wildman–Crippen LogP) is 5.01. The Hall–Kier alpha value is -0.520. The Labute approximate surface area is 89.1 Å². The van der Waals surface area contributed by atoms with Crippen molar-refractivity contribution >= 4 is 0 Å². The van der Waals surface area contributed by atoms with Gasteiger partial charge in [0.25, 0.3) is 0 Å². The van der Waals surface area contributed by atoms with Crippen molar-refractivity contribution in [3.05, 3.63) is 23.8 Å². The zero-order valence-corrected chi connectivity index (χ0v) is 9.60. The summed E-state index contributed by atoms with van der Waals surface area (Å²) in [5.41, 5.74) is 1.50. The van der Waals surface area contributed by atoms with E-state index < -0.39 is 0 Å². The average Bonchev–Trinajstić information content (AvgIpc) is 2.33. The monoisotopic (exact) mass is 192 g/mol. The number of rotatable bonds is 1. The summed E-state index contributed by atoms with van der Waals surface area (Å²) < 4.78 is 0. The summed E-state index contributed by atoms with van der Waals surface area (Å²) in [6.45, 7) is 2.20. The molecule has 0 N–H and O–H groups in total. The second-order valence-corrected chi connectivity index (χ2v) is 4.23. The molecule has 1 saturated carbocycles. The summed E-state index contributed by atoms with van der Waals surface area (Å²) in [7, 11) is 0. The van der Waals surface area contributed by atoms with Crippen molar-refractivity contribution in [2.75, 3.05) is 0 Å². The van der Waals surface area contributed by atoms with E-state index in [4.69, 9.17) is 0 Å². The smallest absolute Gasteiger partial charge is 0.0310 e. The summed E-state index contributed by atoms with van der Waals surface area (Å²) in [5, 5.41) is 0. The number of hydrogen-bond donors (Lipinski definition) is 0. The molecule has 14 heavy (non-hydrogen) atoms. The Morgan fingerprint density at radius 3 is 1.79 bits per heavy atom.